The molecule has 1 aliphatic rings. The second kappa shape index (κ2) is 9.12. The number of rotatable bonds is 6. The standard InChI is InChI=1S/C23H28O4S/c1-16-8-7-9-17(2)20(16)27-22(25)18(3)21(24)23(12-14-26-15-13-23)28-19-10-5-4-6-11-19/h4-11,18,21,24H,12-15H2,1-3H3/t18-,21+/m0/s1. The molecule has 4 nitrogen and oxygen atoms in total. The van der Waals surface area contributed by atoms with E-state index in [9.17, 15) is 9.90 Å². The highest BCUT2D eigenvalue weighted by molar-refractivity contribution is 8.00. The Labute approximate surface area is 171 Å². The fourth-order valence-corrected chi connectivity index (χ4v) is 5.09. The smallest absolute Gasteiger partial charge is 0.316 e. The lowest BCUT2D eigenvalue weighted by Gasteiger charge is -2.42. The van der Waals surface area contributed by atoms with E-state index in [4.69, 9.17) is 9.47 Å². The Morgan fingerprint density at radius 1 is 1.07 bits per heavy atom. The molecule has 2 aromatic rings. The first kappa shape index (κ1) is 20.9. The first-order chi connectivity index (χ1) is 13.4. The molecule has 0 amide bonds. The first-order valence-corrected chi connectivity index (χ1v) is 10.5. The highest BCUT2D eigenvalue weighted by Gasteiger charge is 2.45. The number of hydrogen-bond acceptors (Lipinski definition) is 5. The number of thioether (sulfide) groups is 1. The van der Waals surface area contributed by atoms with Gasteiger partial charge in [-0.2, -0.15) is 0 Å². The van der Waals surface area contributed by atoms with Gasteiger partial charge in [-0.1, -0.05) is 36.4 Å². The van der Waals surface area contributed by atoms with Crippen LogP contribution in [0.4, 0.5) is 0 Å². The van der Waals surface area contributed by atoms with Crippen molar-refractivity contribution in [3.63, 3.8) is 0 Å². The Kier molecular flexibility index (Phi) is 6.81. The molecule has 150 valence electrons. The monoisotopic (exact) mass is 400 g/mol. The van der Waals surface area contributed by atoms with Crippen molar-refractivity contribution >= 4 is 17.7 Å². The molecule has 2 atom stereocenters. The number of benzene rings is 2. The Morgan fingerprint density at radius 3 is 2.29 bits per heavy atom. The lowest BCUT2D eigenvalue weighted by atomic mass is 9.85. The molecule has 1 heterocycles. The number of esters is 1. The van der Waals surface area contributed by atoms with Gasteiger partial charge in [0.15, 0.2) is 0 Å². The molecule has 0 saturated carbocycles. The number of hydrogen-bond donors (Lipinski definition) is 1. The minimum atomic E-state index is -0.835. The quantitative estimate of drug-likeness (QED) is 0.570. The van der Waals surface area contributed by atoms with E-state index < -0.39 is 22.7 Å². The molecular weight excluding hydrogens is 372 g/mol. The Morgan fingerprint density at radius 2 is 1.68 bits per heavy atom. The van der Waals surface area contributed by atoms with Crippen LogP contribution >= 0.6 is 11.8 Å². The second-order valence-electron chi connectivity index (χ2n) is 7.47. The largest absolute Gasteiger partial charge is 0.426 e. The Balaban J connectivity index is 1.79. The normalized spacial score (nSPS) is 18.3. The summed E-state index contributed by atoms with van der Waals surface area (Å²) in [5.41, 5.74) is 1.82. The number of aryl methyl sites for hydroxylation is 2. The van der Waals surface area contributed by atoms with Gasteiger partial charge in [0.2, 0.25) is 0 Å². The molecule has 28 heavy (non-hydrogen) atoms. The van der Waals surface area contributed by atoms with Crippen LogP contribution in [0.25, 0.3) is 0 Å². The van der Waals surface area contributed by atoms with Crippen LogP contribution in [0.1, 0.15) is 30.9 Å². The van der Waals surface area contributed by atoms with Crippen LogP contribution < -0.4 is 4.74 Å². The third kappa shape index (κ3) is 4.59. The van der Waals surface area contributed by atoms with E-state index in [0.29, 0.717) is 31.8 Å². The predicted molar refractivity (Wildman–Crippen MR) is 112 cm³/mol. The van der Waals surface area contributed by atoms with Gasteiger partial charge in [0.1, 0.15) is 5.75 Å². The molecule has 5 heteroatoms. The van der Waals surface area contributed by atoms with Crippen LogP contribution in [0.15, 0.2) is 53.4 Å². The molecule has 1 saturated heterocycles. The molecule has 0 unspecified atom stereocenters. The SMILES string of the molecule is Cc1cccc(C)c1OC(=O)[C@@H](C)[C@@H](O)C1(Sc2ccccc2)CCOCC1. The van der Waals surface area contributed by atoms with Crippen molar-refractivity contribution < 1.29 is 19.4 Å². The predicted octanol–water partition coefficient (Wildman–Crippen LogP) is 4.55. The zero-order valence-corrected chi connectivity index (χ0v) is 17.5. The molecule has 1 aliphatic heterocycles. The summed E-state index contributed by atoms with van der Waals surface area (Å²) in [4.78, 5) is 14.0. The van der Waals surface area contributed by atoms with E-state index in [2.05, 4.69) is 0 Å². The van der Waals surface area contributed by atoms with Gasteiger partial charge >= 0.3 is 5.97 Å². The maximum Gasteiger partial charge on any atom is 0.316 e. The van der Waals surface area contributed by atoms with Crippen molar-refractivity contribution in [3.8, 4) is 5.75 Å². The van der Waals surface area contributed by atoms with E-state index in [0.717, 1.165) is 16.0 Å². The fraction of sp³-hybridized carbons (Fsp3) is 0.435. The van der Waals surface area contributed by atoms with Crippen LogP contribution in [-0.2, 0) is 9.53 Å². The van der Waals surface area contributed by atoms with Crippen molar-refractivity contribution in [1.29, 1.82) is 0 Å². The zero-order chi connectivity index (χ0) is 20.1. The van der Waals surface area contributed by atoms with E-state index in [1.54, 1.807) is 18.7 Å². The summed E-state index contributed by atoms with van der Waals surface area (Å²) >= 11 is 1.64. The molecular formula is C23H28O4S. The third-order valence-corrected chi connectivity index (χ3v) is 6.96. The number of aliphatic hydroxyl groups is 1. The maximum absolute atomic E-state index is 12.9. The summed E-state index contributed by atoms with van der Waals surface area (Å²) in [5, 5.41) is 11.3. The molecule has 0 spiro atoms. The van der Waals surface area contributed by atoms with Crippen molar-refractivity contribution in [1.82, 2.24) is 0 Å². The molecule has 1 fully saturated rings. The molecule has 0 bridgehead atoms. The topological polar surface area (TPSA) is 55.8 Å². The van der Waals surface area contributed by atoms with Crippen LogP contribution in [-0.4, -0.2) is 35.1 Å². The van der Waals surface area contributed by atoms with E-state index in [1.165, 1.54) is 0 Å². The van der Waals surface area contributed by atoms with Gasteiger partial charge in [-0.05, 0) is 56.9 Å². The minimum absolute atomic E-state index is 0.399. The van der Waals surface area contributed by atoms with Crippen molar-refractivity contribution in [2.24, 2.45) is 5.92 Å². The summed E-state index contributed by atoms with van der Waals surface area (Å²) in [7, 11) is 0. The number of carbonyl (C=O) groups excluding carboxylic acids is 1. The maximum atomic E-state index is 12.9. The van der Waals surface area contributed by atoms with E-state index in [1.807, 2.05) is 62.4 Å². The lowest BCUT2D eigenvalue weighted by molar-refractivity contribution is -0.143. The van der Waals surface area contributed by atoms with Gasteiger partial charge in [0.25, 0.3) is 0 Å². The van der Waals surface area contributed by atoms with E-state index in [-0.39, 0.29) is 0 Å². The molecule has 1 N–H and O–H groups in total. The summed E-state index contributed by atoms with van der Waals surface area (Å²) in [5.74, 6) is -0.457. The van der Waals surface area contributed by atoms with E-state index >= 15 is 0 Å². The summed E-state index contributed by atoms with van der Waals surface area (Å²) in [6, 6.07) is 15.8. The van der Waals surface area contributed by atoms with Gasteiger partial charge in [0, 0.05) is 18.1 Å². The van der Waals surface area contributed by atoms with Crippen molar-refractivity contribution in [3.05, 3.63) is 59.7 Å². The third-order valence-electron chi connectivity index (χ3n) is 5.40. The Hall–Kier alpha value is -1.82. The molecule has 0 radical (unpaired) electrons. The molecule has 0 aliphatic carbocycles. The van der Waals surface area contributed by atoms with Gasteiger partial charge < -0.3 is 14.6 Å². The number of aliphatic hydroxyl groups excluding tert-OH is 1. The van der Waals surface area contributed by atoms with Crippen LogP contribution in [0.3, 0.4) is 0 Å². The number of para-hydroxylation sites is 1. The number of carbonyl (C=O) groups is 1. The fourth-order valence-electron chi connectivity index (χ4n) is 3.64. The first-order valence-electron chi connectivity index (χ1n) is 9.71. The average molecular weight is 401 g/mol. The van der Waals surface area contributed by atoms with Crippen LogP contribution in [0, 0.1) is 19.8 Å². The van der Waals surface area contributed by atoms with Crippen molar-refractivity contribution in [2.45, 2.75) is 49.4 Å². The van der Waals surface area contributed by atoms with Gasteiger partial charge in [-0.25, -0.2) is 0 Å². The molecule has 3 rings (SSSR count). The van der Waals surface area contributed by atoms with Gasteiger partial charge in [-0.3, -0.25) is 4.79 Å². The average Bonchev–Trinajstić information content (AvgIpc) is 2.71. The minimum Gasteiger partial charge on any atom is -0.426 e. The van der Waals surface area contributed by atoms with Crippen LogP contribution in [0.2, 0.25) is 0 Å². The van der Waals surface area contributed by atoms with Gasteiger partial charge in [0.05, 0.1) is 16.8 Å². The Bertz CT molecular complexity index is 779. The second-order valence-corrected chi connectivity index (χ2v) is 8.96. The summed E-state index contributed by atoms with van der Waals surface area (Å²) in [6.45, 7) is 6.75. The summed E-state index contributed by atoms with van der Waals surface area (Å²) < 4.78 is 10.8. The van der Waals surface area contributed by atoms with Crippen LogP contribution in [0.5, 0.6) is 5.75 Å². The zero-order valence-electron chi connectivity index (χ0n) is 16.7. The van der Waals surface area contributed by atoms with Gasteiger partial charge in [-0.15, -0.1) is 11.8 Å². The lowest BCUT2D eigenvalue weighted by Crippen LogP contribution is -2.49. The molecule has 2 aromatic carbocycles. The highest BCUT2D eigenvalue weighted by Crippen LogP contribution is 2.45. The highest BCUT2D eigenvalue weighted by atomic mass is 32.2. The molecule has 0 aromatic heterocycles. The van der Waals surface area contributed by atoms with Crippen molar-refractivity contribution in [2.75, 3.05) is 13.2 Å². The number of ether oxygens (including phenoxy) is 2. The summed E-state index contributed by atoms with van der Waals surface area (Å²) in [6.07, 6.45) is 0.544.